The molecule has 8 nitrogen and oxygen atoms in total. The summed E-state index contributed by atoms with van der Waals surface area (Å²) in [6, 6.07) is 16.4. The molecule has 1 fully saturated rings. The first-order valence-corrected chi connectivity index (χ1v) is 10.8. The molecule has 0 saturated carbocycles. The molecule has 0 radical (unpaired) electrons. The number of nitrogens with zero attached hydrogens (tertiary/aromatic N) is 2. The number of nitrogens with one attached hydrogen (secondary N) is 1. The number of hydrogen-bond acceptors (Lipinski definition) is 5. The van der Waals surface area contributed by atoms with Crippen LogP contribution in [0.25, 0.3) is 0 Å². The molecule has 0 bridgehead atoms. The third kappa shape index (κ3) is 5.08. The van der Waals surface area contributed by atoms with Gasteiger partial charge in [-0.15, -0.1) is 0 Å². The van der Waals surface area contributed by atoms with Gasteiger partial charge in [0.15, 0.2) is 0 Å². The highest BCUT2D eigenvalue weighted by Crippen LogP contribution is 2.21. The van der Waals surface area contributed by atoms with Crippen LogP contribution in [0, 0.1) is 0 Å². The van der Waals surface area contributed by atoms with E-state index in [0.29, 0.717) is 13.1 Å². The molecule has 3 amide bonds. The van der Waals surface area contributed by atoms with Crippen LogP contribution in [0.4, 0.5) is 4.79 Å². The number of β-amino-alcohol motifs (C(OH)–C–C–N with tert-alkyl or cyclic N) is 1. The SMILES string of the molecule is O=C(NCC(=O)N1CCc2ccccc2C1)[C@@H]1C[C@@H](O)CN1C(=O)OCc1ccccc1. The molecular weight excluding hydrogens is 410 g/mol. The van der Waals surface area contributed by atoms with Crippen LogP contribution < -0.4 is 5.32 Å². The molecule has 0 unspecified atom stereocenters. The minimum absolute atomic E-state index is 0.0164. The lowest BCUT2D eigenvalue weighted by Gasteiger charge is -2.29. The average Bonchev–Trinajstić information content (AvgIpc) is 3.23. The van der Waals surface area contributed by atoms with Crippen molar-refractivity contribution in [3.05, 3.63) is 71.3 Å². The van der Waals surface area contributed by atoms with Gasteiger partial charge in [-0.1, -0.05) is 54.6 Å². The lowest BCUT2D eigenvalue weighted by Crippen LogP contribution is -2.49. The fraction of sp³-hybridized carbons (Fsp3) is 0.375. The summed E-state index contributed by atoms with van der Waals surface area (Å²) in [6.45, 7) is 1.06. The van der Waals surface area contributed by atoms with Gasteiger partial charge in [-0.3, -0.25) is 14.5 Å². The smallest absolute Gasteiger partial charge is 0.410 e. The van der Waals surface area contributed by atoms with Crippen molar-refractivity contribution < 1.29 is 24.2 Å². The van der Waals surface area contributed by atoms with Gasteiger partial charge < -0.3 is 20.1 Å². The number of carbonyl (C=O) groups excluding carboxylic acids is 3. The molecule has 0 aromatic heterocycles. The van der Waals surface area contributed by atoms with E-state index in [0.717, 1.165) is 17.5 Å². The second-order valence-electron chi connectivity index (χ2n) is 8.15. The number of aliphatic hydroxyl groups excluding tert-OH is 1. The van der Waals surface area contributed by atoms with Crippen LogP contribution in [0.15, 0.2) is 54.6 Å². The molecule has 2 aromatic rings. The number of rotatable bonds is 5. The Bertz CT molecular complexity index is 981. The standard InChI is InChI=1S/C24H27N3O5/c28-20-12-21(27(15-20)24(31)32-16-17-6-2-1-3-7-17)23(30)25-13-22(29)26-11-10-18-8-4-5-9-19(18)14-26/h1-9,20-21,28H,10-16H2,(H,25,30)/t20-,21+/m1/s1. The van der Waals surface area contributed by atoms with E-state index >= 15 is 0 Å². The summed E-state index contributed by atoms with van der Waals surface area (Å²) in [6.07, 6.45) is -0.586. The topological polar surface area (TPSA) is 99.2 Å². The van der Waals surface area contributed by atoms with Crippen LogP contribution in [0.3, 0.4) is 0 Å². The van der Waals surface area contributed by atoms with Crippen molar-refractivity contribution in [2.24, 2.45) is 0 Å². The van der Waals surface area contributed by atoms with Crippen LogP contribution in [0.2, 0.25) is 0 Å². The number of ether oxygens (including phenoxy) is 1. The molecule has 2 aromatic carbocycles. The lowest BCUT2D eigenvalue weighted by molar-refractivity contribution is -0.134. The Morgan fingerprint density at radius 1 is 1.03 bits per heavy atom. The number of carbonyl (C=O) groups is 3. The van der Waals surface area contributed by atoms with Gasteiger partial charge in [-0.05, 0) is 23.1 Å². The molecule has 2 aliphatic rings. The van der Waals surface area contributed by atoms with Crippen molar-refractivity contribution in [1.82, 2.24) is 15.1 Å². The highest BCUT2D eigenvalue weighted by Gasteiger charge is 2.40. The van der Waals surface area contributed by atoms with Crippen LogP contribution in [0.5, 0.6) is 0 Å². The molecule has 0 spiro atoms. The molecule has 2 N–H and O–H groups in total. The third-order valence-electron chi connectivity index (χ3n) is 5.92. The molecule has 2 atom stereocenters. The van der Waals surface area contributed by atoms with Crippen molar-refractivity contribution in [2.45, 2.75) is 38.1 Å². The van der Waals surface area contributed by atoms with Gasteiger partial charge in [0.2, 0.25) is 11.8 Å². The highest BCUT2D eigenvalue weighted by molar-refractivity contribution is 5.90. The Kier molecular flexibility index (Phi) is 6.70. The molecule has 168 valence electrons. The predicted molar refractivity (Wildman–Crippen MR) is 116 cm³/mol. The monoisotopic (exact) mass is 437 g/mol. The Labute approximate surface area is 186 Å². The fourth-order valence-corrected chi connectivity index (χ4v) is 4.17. The Morgan fingerprint density at radius 2 is 1.75 bits per heavy atom. The van der Waals surface area contributed by atoms with Gasteiger partial charge in [-0.25, -0.2) is 4.79 Å². The van der Waals surface area contributed by atoms with E-state index in [9.17, 15) is 19.5 Å². The summed E-state index contributed by atoms with van der Waals surface area (Å²) < 4.78 is 5.32. The van der Waals surface area contributed by atoms with Crippen LogP contribution >= 0.6 is 0 Å². The first kappa shape index (κ1) is 21.8. The van der Waals surface area contributed by atoms with Gasteiger partial charge in [0.05, 0.1) is 19.2 Å². The van der Waals surface area contributed by atoms with E-state index in [-0.39, 0.29) is 32.0 Å². The summed E-state index contributed by atoms with van der Waals surface area (Å²) >= 11 is 0. The normalized spacial score (nSPS) is 19.9. The Morgan fingerprint density at radius 3 is 2.53 bits per heavy atom. The fourth-order valence-electron chi connectivity index (χ4n) is 4.17. The number of amides is 3. The summed E-state index contributed by atoms with van der Waals surface area (Å²) in [5.41, 5.74) is 3.19. The van der Waals surface area contributed by atoms with Crippen molar-refractivity contribution in [3.8, 4) is 0 Å². The van der Waals surface area contributed by atoms with Gasteiger partial charge in [0.25, 0.3) is 0 Å². The maximum Gasteiger partial charge on any atom is 0.410 e. The van der Waals surface area contributed by atoms with E-state index in [4.69, 9.17) is 4.74 Å². The summed E-state index contributed by atoms with van der Waals surface area (Å²) in [5, 5.41) is 12.7. The molecule has 1 saturated heterocycles. The Balaban J connectivity index is 1.29. The van der Waals surface area contributed by atoms with Crippen molar-refractivity contribution in [2.75, 3.05) is 19.6 Å². The minimum Gasteiger partial charge on any atom is -0.445 e. The van der Waals surface area contributed by atoms with Gasteiger partial charge in [-0.2, -0.15) is 0 Å². The van der Waals surface area contributed by atoms with E-state index < -0.39 is 24.1 Å². The molecule has 0 aliphatic carbocycles. The lowest BCUT2D eigenvalue weighted by atomic mass is 10.00. The van der Waals surface area contributed by atoms with Crippen LogP contribution in [-0.4, -0.2) is 64.6 Å². The van der Waals surface area contributed by atoms with Crippen molar-refractivity contribution in [3.63, 3.8) is 0 Å². The minimum atomic E-state index is -0.872. The van der Waals surface area contributed by atoms with E-state index in [1.165, 1.54) is 10.5 Å². The first-order chi connectivity index (χ1) is 15.5. The summed E-state index contributed by atoms with van der Waals surface area (Å²) in [7, 11) is 0. The summed E-state index contributed by atoms with van der Waals surface area (Å²) in [5.74, 6) is -0.645. The molecule has 2 heterocycles. The van der Waals surface area contributed by atoms with Crippen molar-refractivity contribution in [1.29, 1.82) is 0 Å². The maximum absolute atomic E-state index is 12.7. The number of benzene rings is 2. The zero-order valence-corrected chi connectivity index (χ0v) is 17.8. The maximum atomic E-state index is 12.7. The average molecular weight is 437 g/mol. The zero-order chi connectivity index (χ0) is 22.5. The first-order valence-electron chi connectivity index (χ1n) is 10.8. The number of fused-ring (bicyclic) bond motifs is 1. The van der Waals surface area contributed by atoms with Crippen LogP contribution in [-0.2, 0) is 33.9 Å². The highest BCUT2D eigenvalue weighted by atomic mass is 16.6. The number of likely N-dealkylation sites (tertiary alicyclic amines) is 1. The molecule has 4 rings (SSSR count). The summed E-state index contributed by atoms with van der Waals surface area (Å²) in [4.78, 5) is 40.8. The second-order valence-corrected chi connectivity index (χ2v) is 8.15. The van der Waals surface area contributed by atoms with E-state index in [1.54, 1.807) is 4.90 Å². The van der Waals surface area contributed by atoms with Crippen LogP contribution in [0.1, 0.15) is 23.1 Å². The third-order valence-corrected chi connectivity index (χ3v) is 5.92. The number of hydrogen-bond donors (Lipinski definition) is 2. The largest absolute Gasteiger partial charge is 0.445 e. The Hall–Kier alpha value is -3.39. The molecule has 32 heavy (non-hydrogen) atoms. The predicted octanol–water partition coefficient (Wildman–Crippen LogP) is 1.46. The molecular formula is C24H27N3O5. The van der Waals surface area contributed by atoms with Crippen molar-refractivity contribution >= 4 is 17.9 Å². The van der Waals surface area contributed by atoms with E-state index in [2.05, 4.69) is 11.4 Å². The second kappa shape index (κ2) is 9.82. The van der Waals surface area contributed by atoms with Gasteiger partial charge >= 0.3 is 6.09 Å². The van der Waals surface area contributed by atoms with Gasteiger partial charge in [0.1, 0.15) is 12.6 Å². The quantitative estimate of drug-likeness (QED) is 0.738. The van der Waals surface area contributed by atoms with Gasteiger partial charge in [0, 0.05) is 19.5 Å². The zero-order valence-electron chi connectivity index (χ0n) is 17.8. The van der Waals surface area contributed by atoms with E-state index in [1.807, 2.05) is 48.5 Å². The molecule has 2 aliphatic heterocycles. The number of aliphatic hydroxyl groups is 1. The molecule has 8 heteroatoms.